The molecule has 2 heteroatoms. The average molecular weight is 193 g/mol. The van der Waals surface area contributed by atoms with E-state index in [2.05, 4.69) is 36.8 Å². The quantitative estimate of drug-likeness (QED) is 0.668. The number of pyridine rings is 1. The van der Waals surface area contributed by atoms with E-state index in [1.807, 2.05) is 12.3 Å². The molecule has 0 aliphatic rings. The predicted molar refractivity (Wildman–Crippen MR) is 60.7 cm³/mol. The van der Waals surface area contributed by atoms with E-state index >= 15 is 0 Å². The highest BCUT2D eigenvalue weighted by molar-refractivity contribution is 6.76. The maximum absolute atomic E-state index is 4.31. The molecule has 1 heterocycles. The Morgan fingerprint density at radius 3 is 2.54 bits per heavy atom. The SMILES string of the molecule is C[Si](C)(C)CCCc1ccccn1. The molecule has 0 fully saturated rings. The summed E-state index contributed by atoms with van der Waals surface area (Å²) in [7, 11) is -0.839. The predicted octanol–water partition coefficient (Wildman–Crippen LogP) is 3.35. The summed E-state index contributed by atoms with van der Waals surface area (Å²) in [4.78, 5) is 4.31. The van der Waals surface area contributed by atoms with Crippen molar-refractivity contribution < 1.29 is 0 Å². The lowest BCUT2D eigenvalue weighted by Gasteiger charge is -2.14. The van der Waals surface area contributed by atoms with Crippen LogP contribution in [0.5, 0.6) is 0 Å². The number of nitrogens with zero attached hydrogens (tertiary/aromatic N) is 1. The summed E-state index contributed by atoms with van der Waals surface area (Å²) in [5, 5.41) is 0. The van der Waals surface area contributed by atoms with Gasteiger partial charge in [0.15, 0.2) is 0 Å². The summed E-state index contributed by atoms with van der Waals surface area (Å²) >= 11 is 0. The third kappa shape index (κ3) is 4.83. The first-order valence-electron chi connectivity index (χ1n) is 4.98. The molecule has 0 unspecified atom stereocenters. The fourth-order valence-electron chi connectivity index (χ4n) is 1.35. The topological polar surface area (TPSA) is 12.9 Å². The standard InChI is InChI=1S/C11H19NSi/c1-13(2,3)10-6-8-11-7-4-5-9-12-11/h4-5,7,9H,6,8,10H2,1-3H3. The van der Waals surface area contributed by atoms with Gasteiger partial charge in [-0.3, -0.25) is 4.98 Å². The lowest BCUT2D eigenvalue weighted by atomic mass is 10.2. The van der Waals surface area contributed by atoms with E-state index in [1.165, 1.54) is 18.2 Å². The highest BCUT2D eigenvalue weighted by atomic mass is 28.3. The molecule has 0 amide bonds. The van der Waals surface area contributed by atoms with Crippen LogP contribution < -0.4 is 0 Å². The lowest BCUT2D eigenvalue weighted by Crippen LogP contribution is -2.19. The normalized spacial score (nSPS) is 11.6. The summed E-state index contributed by atoms with van der Waals surface area (Å²) in [6, 6.07) is 7.56. The van der Waals surface area contributed by atoms with Crippen molar-refractivity contribution in [3.05, 3.63) is 30.1 Å². The maximum atomic E-state index is 4.31. The Labute approximate surface area is 82.2 Å². The zero-order valence-electron chi connectivity index (χ0n) is 8.88. The molecule has 13 heavy (non-hydrogen) atoms. The Morgan fingerprint density at radius 2 is 2.00 bits per heavy atom. The molecule has 0 atom stereocenters. The van der Waals surface area contributed by atoms with Crippen LogP contribution in [0.25, 0.3) is 0 Å². The Kier molecular flexibility index (Phi) is 3.67. The minimum atomic E-state index is -0.839. The second kappa shape index (κ2) is 4.56. The maximum Gasteiger partial charge on any atom is 0.0442 e. The molecule has 0 aliphatic carbocycles. The van der Waals surface area contributed by atoms with Crippen LogP contribution in [0.15, 0.2) is 24.4 Å². The molecule has 0 aromatic carbocycles. The van der Waals surface area contributed by atoms with E-state index < -0.39 is 8.07 Å². The molecule has 1 aromatic heterocycles. The molecular weight excluding hydrogens is 174 g/mol. The highest BCUT2D eigenvalue weighted by Crippen LogP contribution is 2.13. The average Bonchev–Trinajstić information content (AvgIpc) is 2.04. The van der Waals surface area contributed by atoms with Gasteiger partial charge in [0.2, 0.25) is 0 Å². The van der Waals surface area contributed by atoms with Crippen molar-refractivity contribution in [3.8, 4) is 0 Å². The molecule has 0 spiro atoms. The fraction of sp³-hybridized carbons (Fsp3) is 0.545. The summed E-state index contributed by atoms with van der Waals surface area (Å²) in [5.41, 5.74) is 1.24. The van der Waals surface area contributed by atoms with Gasteiger partial charge in [-0.25, -0.2) is 0 Å². The van der Waals surface area contributed by atoms with Crippen LogP contribution in [0.4, 0.5) is 0 Å². The second-order valence-corrected chi connectivity index (χ2v) is 10.4. The third-order valence-electron chi connectivity index (χ3n) is 2.09. The van der Waals surface area contributed by atoms with Crippen LogP contribution in [-0.2, 0) is 6.42 Å². The van der Waals surface area contributed by atoms with E-state index in [4.69, 9.17) is 0 Å². The van der Waals surface area contributed by atoms with Crippen molar-refractivity contribution in [1.82, 2.24) is 4.98 Å². The van der Waals surface area contributed by atoms with Gasteiger partial charge in [0.1, 0.15) is 0 Å². The molecule has 0 saturated carbocycles. The number of aryl methyl sites for hydroxylation is 1. The van der Waals surface area contributed by atoms with Crippen molar-refractivity contribution in [3.63, 3.8) is 0 Å². The van der Waals surface area contributed by atoms with Crippen molar-refractivity contribution in [2.75, 3.05) is 0 Å². The third-order valence-corrected chi connectivity index (χ3v) is 3.94. The van der Waals surface area contributed by atoms with Crippen LogP contribution in [0, 0.1) is 0 Å². The molecule has 1 rings (SSSR count). The lowest BCUT2D eigenvalue weighted by molar-refractivity contribution is 0.867. The van der Waals surface area contributed by atoms with Crippen molar-refractivity contribution in [1.29, 1.82) is 0 Å². The van der Waals surface area contributed by atoms with Gasteiger partial charge in [-0.2, -0.15) is 0 Å². The molecular formula is C11H19NSi. The largest absolute Gasteiger partial charge is 0.261 e. The van der Waals surface area contributed by atoms with E-state index in [0.29, 0.717) is 0 Å². The molecule has 0 N–H and O–H groups in total. The molecule has 0 aliphatic heterocycles. The van der Waals surface area contributed by atoms with E-state index in [1.54, 1.807) is 0 Å². The minimum absolute atomic E-state index is 0.839. The highest BCUT2D eigenvalue weighted by Gasteiger charge is 2.11. The van der Waals surface area contributed by atoms with Crippen molar-refractivity contribution in [2.45, 2.75) is 38.5 Å². The van der Waals surface area contributed by atoms with Gasteiger partial charge in [0.25, 0.3) is 0 Å². The number of aromatic nitrogens is 1. The van der Waals surface area contributed by atoms with Gasteiger partial charge in [0, 0.05) is 20.0 Å². The first-order valence-corrected chi connectivity index (χ1v) is 8.68. The Balaban J connectivity index is 2.29. The number of hydrogen-bond acceptors (Lipinski definition) is 1. The summed E-state index contributed by atoms with van der Waals surface area (Å²) in [6.45, 7) is 7.27. The Hall–Kier alpha value is -0.633. The van der Waals surface area contributed by atoms with Gasteiger partial charge in [-0.05, 0) is 18.6 Å². The van der Waals surface area contributed by atoms with Gasteiger partial charge in [0.05, 0.1) is 0 Å². The zero-order valence-corrected chi connectivity index (χ0v) is 9.88. The molecule has 0 bridgehead atoms. The second-order valence-electron chi connectivity index (χ2n) is 4.74. The van der Waals surface area contributed by atoms with E-state index in [9.17, 15) is 0 Å². The first kappa shape index (κ1) is 10.4. The van der Waals surface area contributed by atoms with Crippen LogP contribution >= 0.6 is 0 Å². The molecule has 0 saturated heterocycles. The van der Waals surface area contributed by atoms with Crippen molar-refractivity contribution >= 4 is 8.07 Å². The number of rotatable bonds is 4. The van der Waals surface area contributed by atoms with Gasteiger partial charge < -0.3 is 0 Å². The summed E-state index contributed by atoms with van der Waals surface area (Å²) < 4.78 is 0. The molecule has 0 radical (unpaired) electrons. The zero-order chi connectivity index (χ0) is 9.73. The minimum Gasteiger partial charge on any atom is -0.261 e. The van der Waals surface area contributed by atoms with E-state index in [0.717, 1.165) is 6.42 Å². The monoisotopic (exact) mass is 193 g/mol. The van der Waals surface area contributed by atoms with Gasteiger partial charge in [-0.15, -0.1) is 0 Å². The molecule has 72 valence electrons. The summed E-state index contributed by atoms with van der Waals surface area (Å²) in [6.07, 6.45) is 4.32. The smallest absolute Gasteiger partial charge is 0.0442 e. The van der Waals surface area contributed by atoms with Gasteiger partial charge >= 0.3 is 0 Å². The molecule has 1 nitrogen and oxygen atoms in total. The van der Waals surface area contributed by atoms with Crippen LogP contribution in [0.3, 0.4) is 0 Å². The van der Waals surface area contributed by atoms with E-state index in [-0.39, 0.29) is 0 Å². The number of hydrogen-bond donors (Lipinski definition) is 0. The van der Waals surface area contributed by atoms with Crippen LogP contribution in [0.1, 0.15) is 12.1 Å². The van der Waals surface area contributed by atoms with Gasteiger partial charge in [-0.1, -0.05) is 38.2 Å². The fourth-order valence-corrected chi connectivity index (χ4v) is 2.58. The van der Waals surface area contributed by atoms with Crippen LogP contribution in [-0.4, -0.2) is 13.1 Å². The van der Waals surface area contributed by atoms with Crippen molar-refractivity contribution in [2.24, 2.45) is 0 Å². The first-order chi connectivity index (χ1) is 6.08. The Bertz CT molecular complexity index is 238. The Morgan fingerprint density at radius 1 is 1.23 bits per heavy atom. The molecule has 1 aromatic rings. The van der Waals surface area contributed by atoms with Crippen LogP contribution in [0.2, 0.25) is 25.7 Å². The summed E-state index contributed by atoms with van der Waals surface area (Å²) in [5.74, 6) is 0.